The molecule has 2 aromatic heterocycles. The van der Waals surface area contributed by atoms with Crippen LogP contribution in [0.1, 0.15) is 23.3 Å². The number of urea groups is 1. The Morgan fingerprint density at radius 3 is 2.95 bits per heavy atom. The molecule has 2 aromatic rings. The summed E-state index contributed by atoms with van der Waals surface area (Å²) in [4.78, 5) is 33.4. The summed E-state index contributed by atoms with van der Waals surface area (Å²) >= 11 is 1.67. The number of aryl methyl sites for hydroxylation is 2. The Labute approximate surface area is 131 Å². The third kappa shape index (κ3) is 2.87. The van der Waals surface area contributed by atoms with Crippen LogP contribution in [0.3, 0.4) is 0 Å². The molecule has 1 aliphatic carbocycles. The molecule has 3 amide bonds. The van der Waals surface area contributed by atoms with Crippen molar-refractivity contribution in [1.29, 1.82) is 0 Å². The Kier molecular flexibility index (Phi) is 4.19. The molecule has 1 aliphatic rings. The lowest BCUT2D eigenvalue weighted by molar-refractivity contribution is -0.122. The van der Waals surface area contributed by atoms with Gasteiger partial charge in [0.1, 0.15) is 11.2 Å². The van der Waals surface area contributed by atoms with E-state index in [-0.39, 0.29) is 6.61 Å². The van der Waals surface area contributed by atoms with Gasteiger partial charge in [-0.15, -0.1) is 11.3 Å². The van der Waals surface area contributed by atoms with E-state index in [2.05, 4.69) is 20.6 Å². The van der Waals surface area contributed by atoms with Crippen LogP contribution in [0.2, 0.25) is 0 Å². The number of hydrogen-bond acceptors (Lipinski definition) is 6. The van der Waals surface area contributed by atoms with E-state index in [4.69, 9.17) is 4.74 Å². The zero-order valence-electron chi connectivity index (χ0n) is 12.1. The molecule has 22 heavy (non-hydrogen) atoms. The molecule has 0 unspecified atom stereocenters. The van der Waals surface area contributed by atoms with Crippen LogP contribution in [-0.4, -0.2) is 35.6 Å². The van der Waals surface area contributed by atoms with E-state index in [1.54, 1.807) is 11.3 Å². The fourth-order valence-electron chi connectivity index (χ4n) is 2.53. The second kappa shape index (κ2) is 6.27. The predicted octanol–water partition coefficient (Wildman–Crippen LogP) is 1.40. The van der Waals surface area contributed by atoms with Crippen LogP contribution in [0.4, 0.5) is 4.79 Å². The summed E-state index contributed by atoms with van der Waals surface area (Å²) in [5.41, 5.74) is 1.24. The van der Waals surface area contributed by atoms with E-state index >= 15 is 0 Å². The molecule has 116 valence electrons. The van der Waals surface area contributed by atoms with Crippen LogP contribution in [0.5, 0.6) is 5.88 Å². The minimum atomic E-state index is -0.561. The molecular weight excluding hydrogens is 304 g/mol. The lowest BCUT2D eigenvalue weighted by atomic mass is 9.97. The number of fused-ring (bicyclic) bond motifs is 3. The van der Waals surface area contributed by atoms with Gasteiger partial charge >= 0.3 is 6.03 Å². The van der Waals surface area contributed by atoms with Gasteiger partial charge in [0, 0.05) is 11.9 Å². The Morgan fingerprint density at radius 2 is 2.14 bits per heavy atom. The summed E-state index contributed by atoms with van der Waals surface area (Å²) in [5.74, 6) is -0.105. The van der Waals surface area contributed by atoms with Crippen molar-refractivity contribution in [2.75, 3.05) is 13.7 Å². The summed E-state index contributed by atoms with van der Waals surface area (Å²) in [6, 6.07) is -0.561. The number of ether oxygens (including phenoxy) is 1. The van der Waals surface area contributed by atoms with Crippen LogP contribution < -0.4 is 15.4 Å². The lowest BCUT2D eigenvalue weighted by Crippen LogP contribution is -2.40. The molecule has 0 aromatic carbocycles. The van der Waals surface area contributed by atoms with Gasteiger partial charge in [0.05, 0.1) is 5.39 Å². The van der Waals surface area contributed by atoms with Gasteiger partial charge in [0.25, 0.3) is 5.91 Å². The third-order valence-corrected chi connectivity index (χ3v) is 4.74. The summed E-state index contributed by atoms with van der Waals surface area (Å²) < 4.78 is 5.51. The monoisotopic (exact) mass is 320 g/mol. The summed E-state index contributed by atoms with van der Waals surface area (Å²) in [6.07, 6.45) is 5.83. The van der Waals surface area contributed by atoms with Gasteiger partial charge < -0.3 is 10.1 Å². The number of carbonyl (C=O) groups is 2. The fourth-order valence-corrected chi connectivity index (χ4v) is 3.75. The number of thiophene rings is 1. The zero-order chi connectivity index (χ0) is 15.5. The zero-order valence-corrected chi connectivity index (χ0v) is 13.0. The molecule has 3 rings (SSSR count). The molecule has 7 nitrogen and oxygen atoms in total. The van der Waals surface area contributed by atoms with Gasteiger partial charge in [-0.3, -0.25) is 10.1 Å². The average Bonchev–Trinajstić information content (AvgIpc) is 2.91. The molecule has 0 fully saturated rings. The first-order valence-corrected chi connectivity index (χ1v) is 7.90. The quantitative estimate of drug-likeness (QED) is 0.892. The van der Waals surface area contributed by atoms with Crippen molar-refractivity contribution in [3.63, 3.8) is 0 Å². The van der Waals surface area contributed by atoms with Crippen LogP contribution >= 0.6 is 11.3 Å². The maximum Gasteiger partial charge on any atom is 0.321 e. The first-order valence-electron chi connectivity index (χ1n) is 7.08. The van der Waals surface area contributed by atoms with E-state index in [9.17, 15) is 9.59 Å². The third-order valence-electron chi connectivity index (χ3n) is 3.54. The van der Waals surface area contributed by atoms with Crippen molar-refractivity contribution < 1.29 is 14.3 Å². The Bertz CT molecular complexity index is 728. The number of amides is 3. The molecule has 0 saturated carbocycles. The molecule has 2 N–H and O–H groups in total. The van der Waals surface area contributed by atoms with Crippen LogP contribution in [0.15, 0.2) is 6.33 Å². The lowest BCUT2D eigenvalue weighted by Gasteiger charge is -2.11. The van der Waals surface area contributed by atoms with Crippen molar-refractivity contribution in [3.8, 4) is 5.88 Å². The predicted molar refractivity (Wildman–Crippen MR) is 82.2 cm³/mol. The highest BCUT2D eigenvalue weighted by Gasteiger charge is 2.21. The summed E-state index contributed by atoms with van der Waals surface area (Å²) in [7, 11) is 1.44. The van der Waals surface area contributed by atoms with E-state index < -0.39 is 11.9 Å². The van der Waals surface area contributed by atoms with Crippen molar-refractivity contribution in [1.82, 2.24) is 20.6 Å². The normalized spacial score (nSPS) is 13.5. The van der Waals surface area contributed by atoms with Crippen molar-refractivity contribution >= 4 is 33.5 Å². The number of carbonyl (C=O) groups excluding carboxylic acids is 2. The van der Waals surface area contributed by atoms with E-state index in [1.165, 1.54) is 30.2 Å². The molecule has 0 spiro atoms. The molecular formula is C14H16N4O3S. The molecule has 0 radical (unpaired) electrons. The topological polar surface area (TPSA) is 93.2 Å². The smallest absolute Gasteiger partial charge is 0.321 e. The van der Waals surface area contributed by atoms with Crippen molar-refractivity contribution in [3.05, 3.63) is 16.8 Å². The highest BCUT2D eigenvalue weighted by Crippen LogP contribution is 2.38. The van der Waals surface area contributed by atoms with E-state index in [0.717, 1.165) is 29.5 Å². The van der Waals surface area contributed by atoms with Crippen LogP contribution in [-0.2, 0) is 17.6 Å². The van der Waals surface area contributed by atoms with Crippen LogP contribution in [0, 0.1) is 0 Å². The first kappa shape index (κ1) is 14.7. The average molecular weight is 320 g/mol. The second-order valence-electron chi connectivity index (χ2n) is 4.99. The minimum absolute atomic E-state index is 0.260. The SMILES string of the molecule is CNC(=O)NC(=O)COc1ncnc2sc3c(c12)CCCC3. The second-order valence-corrected chi connectivity index (χ2v) is 6.07. The maximum atomic E-state index is 11.6. The van der Waals surface area contributed by atoms with Crippen molar-refractivity contribution in [2.45, 2.75) is 25.7 Å². The van der Waals surface area contributed by atoms with Gasteiger partial charge in [-0.1, -0.05) is 0 Å². The first-order chi connectivity index (χ1) is 10.7. The van der Waals surface area contributed by atoms with Gasteiger partial charge in [-0.25, -0.2) is 14.8 Å². The van der Waals surface area contributed by atoms with Crippen molar-refractivity contribution in [2.24, 2.45) is 0 Å². The van der Waals surface area contributed by atoms with E-state index in [1.807, 2.05) is 0 Å². The molecule has 0 saturated heterocycles. The molecule has 0 aliphatic heterocycles. The highest BCUT2D eigenvalue weighted by atomic mass is 32.1. The van der Waals surface area contributed by atoms with Crippen LogP contribution in [0.25, 0.3) is 10.2 Å². The van der Waals surface area contributed by atoms with Gasteiger partial charge in [0.15, 0.2) is 6.61 Å². The number of aromatic nitrogens is 2. The summed E-state index contributed by atoms with van der Waals surface area (Å²) in [6.45, 7) is -0.260. The maximum absolute atomic E-state index is 11.6. The Balaban J connectivity index is 1.80. The Morgan fingerprint density at radius 1 is 1.32 bits per heavy atom. The molecule has 2 heterocycles. The molecule has 0 bridgehead atoms. The fraction of sp³-hybridized carbons (Fsp3) is 0.429. The highest BCUT2D eigenvalue weighted by molar-refractivity contribution is 7.18. The van der Waals surface area contributed by atoms with E-state index in [0.29, 0.717) is 5.88 Å². The van der Waals surface area contributed by atoms with Gasteiger partial charge in [-0.2, -0.15) is 0 Å². The standard InChI is InChI=1S/C14H16N4O3S/c1-15-14(20)18-10(19)6-21-12-11-8-4-2-3-5-9(8)22-13(11)17-7-16-12/h7H,2-6H2,1H3,(H2,15,18,19,20). The number of rotatable bonds is 3. The summed E-state index contributed by atoms with van der Waals surface area (Å²) in [5, 5.41) is 5.37. The number of imide groups is 1. The Hall–Kier alpha value is -2.22. The largest absolute Gasteiger partial charge is 0.467 e. The number of nitrogens with zero attached hydrogens (tertiary/aromatic N) is 2. The number of nitrogens with one attached hydrogen (secondary N) is 2. The van der Waals surface area contributed by atoms with Gasteiger partial charge in [0.2, 0.25) is 5.88 Å². The molecule has 8 heteroatoms. The minimum Gasteiger partial charge on any atom is -0.467 e. The molecule has 0 atom stereocenters. The van der Waals surface area contributed by atoms with Gasteiger partial charge in [-0.05, 0) is 31.2 Å². The number of hydrogen-bond donors (Lipinski definition) is 2.